The largest absolute Gasteiger partial charge is 0.492 e. The Labute approximate surface area is 222 Å². The van der Waals surface area contributed by atoms with E-state index in [9.17, 15) is 18.0 Å². The van der Waals surface area contributed by atoms with E-state index in [0.29, 0.717) is 24.6 Å². The SMILES string of the molecule is CCOc1cc2nn(C)cc2cc1NC(=O)N1CCc2c(N3CCNCC3)cc(C)nc21.O=C(O)C(F)(F)F. The fourth-order valence-electron chi connectivity index (χ4n) is 4.58. The summed E-state index contributed by atoms with van der Waals surface area (Å²) < 4.78 is 39.3. The van der Waals surface area contributed by atoms with Crippen molar-refractivity contribution in [3.05, 3.63) is 35.7 Å². The molecule has 39 heavy (non-hydrogen) atoms. The second-order valence-electron chi connectivity index (χ2n) is 9.10. The third kappa shape index (κ3) is 6.33. The van der Waals surface area contributed by atoms with E-state index in [1.165, 1.54) is 5.69 Å². The Morgan fingerprint density at radius 1 is 1.18 bits per heavy atom. The van der Waals surface area contributed by atoms with Crippen LogP contribution in [-0.4, -0.2) is 77.4 Å². The number of ether oxygens (including phenoxy) is 1. The van der Waals surface area contributed by atoms with E-state index in [2.05, 4.69) is 26.7 Å². The van der Waals surface area contributed by atoms with Crippen molar-refractivity contribution < 1.29 is 32.6 Å². The van der Waals surface area contributed by atoms with Crippen LogP contribution in [0.3, 0.4) is 0 Å². The number of nitrogens with zero attached hydrogens (tertiary/aromatic N) is 5. The lowest BCUT2D eigenvalue weighted by Gasteiger charge is -2.31. The van der Waals surface area contributed by atoms with E-state index in [1.807, 2.05) is 39.2 Å². The summed E-state index contributed by atoms with van der Waals surface area (Å²) in [6.07, 6.45) is -2.36. The molecule has 0 atom stereocenters. The molecule has 0 aliphatic carbocycles. The van der Waals surface area contributed by atoms with Crippen molar-refractivity contribution in [3.8, 4) is 5.75 Å². The summed E-state index contributed by atoms with van der Waals surface area (Å²) >= 11 is 0. The highest BCUT2D eigenvalue weighted by atomic mass is 19.4. The number of fused-ring (bicyclic) bond motifs is 2. The molecule has 0 saturated carbocycles. The lowest BCUT2D eigenvalue weighted by molar-refractivity contribution is -0.192. The van der Waals surface area contributed by atoms with Crippen molar-refractivity contribution in [1.29, 1.82) is 0 Å². The predicted molar refractivity (Wildman–Crippen MR) is 140 cm³/mol. The van der Waals surface area contributed by atoms with Crippen molar-refractivity contribution in [2.75, 3.05) is 54.4 Å². The molecule has 4 heterocycles. The zero-order valence-corrected chi connectivity index (χ0v) is 21.8. The molecule has 14 heteroatoms. The Hall–Kier alpha value is -4.07. The standard InChI is InChI=1S/C23H29N7O2.C2HF3O2/c1-4-32-21-13-18-16(14-28(3)27-18)12-19(21)26-23(31)30-8-5-17-20(11-15(2)25-22(17)30)29-9-6-24-7-10-29;3-2(4,5)1(6)7/h11-14,24H,4-10H2,1-3H3,(H,26,31);(H,6,7). The lowest BCUT2D eigenvalue weighted by Crippen LogP contribution is -2.44. The monoisotopic (exact) mass is 549 g/mol. The Bertz CT molecular complexity index is 1370. The molecule has 11 nitrogen and oxygen atoms in total. The van der Waals surface area contributed by atoms with Crippen LogP contribution in [0, 0.1) is 6.92 Å². The minimum Gasteiger partial charge on any atom is -0.492 e. The van der Waals surface area contributed by atoms with Crippen LogP contribution in [0.5, 0.6) is 5.75 Å². The molecule has 2 aliphatic heterocycles. The van der Waals surface area contributed by atoms with Crippen LogP contribution in [0.15, 0.2) is 24.4 Å². The van der Waals surface area contributed by atoms with Crippen LogP contribution in [0.25, 0.3) is 10.9 Å². The van der Waals surface area contributed by atoms with Gasteiger partial charge in [-0.25, -0.2) is 14.6 Å². The maximum absolute atomic E-state index is 13.3. The van der Waals surface area contributed by atoms with Crippen molar-refractivity contribution in [3.63, 3.8) is 0 Å². The molecule has 2 aliphatic rings. The first-order valence-electron chi connectivity index (χ1n) is 12.4. The van der Waals surface area contributed by atoms with E-state index in [1.54, 1.807) is 9.58 Å². The number of aliphatic carboxylic acids is 1. The molecular formula is C25H30F3N7O4. The molecule has 2 amide bonds. The van der Waals surface area contributed by atoms with Gasteiger partial charge in [-0.15, -0.1) is 0 Å². The average Bonchev–Trinajstić information content (AvgIpc) is 3.46. The third-order valence-electron chi connectivity index (χ3n) is 6.26. The fraction of sp³-hybridized carbons (Fsp3) is 0.440. The van der Waals surface area contributed by atoms with Crippen LogP contribution >= 0.6 is 0 Å². The Kier molecular flexibility index (Phi) is 8.14. The summed E-state index contributed by atoms with van der Waals surface area (Å²) in [6.45, 7) is 8.89. The number of aryl methyl sites for hydroxylation is 2. The lowest BCUT2D eigenvalue weighted by atomic mass is 10.1. The first kappa shape index (κ1) is 28.0. The minimum absolute atomic E-state index is 0.197. The molecule has 3 aromatic rings. The Morgan fingerprint density at radius 2 is 1.87 bits per heavy atom. The summed E-state index contributed by atoms with van der Waals surface area (Å²) in [7, 11) is 1.88. The molecule has 0 radical (unpaired) electrons. The highest BCUT2D eigenvalue weighted by Crippen LogP contribution is 2.36. The number of alkyl halides is 3. The number of rotatable bonds is 4. The van der Waals surface area contributed by atoms with Gasteiger partial charge in [-0.2, -0.15) is 18.3 Å². The molecule has 5 rings (SSSR count). The topological polar surface area (TPSA) is 125 Å². The summed E-state index contributed by atoms with van der Waals surface area (Å²) in [5.41, 5.74) is 4.75. The quantitative estimate of drug-likeness (QED) is 0.453. The van der Waals surface area contributed by atoms with Crippen LogP contribution in [0.2, 0.25) is 0 Å². The van der Waals surface area contributed by atoms with Gasteiger partial charge in [0.2, 0.25) is 0 Å². The van der Waals surface area contributed by atoms with E-state index in [-0.39, 0.29) is 6.03 Å². The predicted octanol–water partition coefficient (Wildman–Crippen LogP) is 3.31. The fourth-order valence-corrected chi connectivity index (χ4v) is 4.58. The number of nitrogens with one attached hydrogen (secondary N) is 2. The number of piperazine rings is 1. The zero-order valence-electron chi connectivity index (χ0n) is 21.8. The normalized spacial score (nSPS) is 15.0. The van der Waals surface area contributed by atoms with Gasteiger partial charge in [0.05, 0.1) is 17.8 Å². The van der Waals surface area contributed by atoms with E-state index >= 15 is 0 Å². The molecule has 1 aromatic carbocycles. The smallest absolute Gasteiger partial charge is 0.490 e. The number of amides is 2. The molecule has 210 valence electrons. The number of benzene rings is 1. The number of carbonyl (C=O) groups excluding carboxylic acids is 1. The molecule has 0 spiro atoms. The molecule has 3 N–H and O–H groups in total. The summed E-state index contributed by atoms with van der Waals surface area (Å²) in [4.78, 5) is 31.1. The highest BCUT2D eigenvalue weighted by molar-refractivity contribution is 6.05. The van der Waals surface area contributed by atoms with Gasteiger partial charge < -0.3 is 25.4 Å². The van der Waals surface area contributed by atoms with Crippen LogP contribution in [0.4, 0.5) is 35.2 Å². The van der Waals surface area contributed by atoms with Crippen molar-refractivity contribution in [2.45, 2.75) is 26.4 Å². The van der Waals surface area contributed by atoms with Crippen molar-refractivity contribution in [1.82, 2.24) is 20.1 Å². The van der Waals surface area contributed by atoms with E-state index < -0.39 is 12.1 Å². The summed E-state index contributed by atoms with van der Waals surface area (Å²) in [6, 6.07) is 5.74. The number of pyridine rings is 1. The number of halogens is 3. The van der Waals surface area contributed by atoms with Gasteiger partial charge in [-0.3, -0.25) is 9.58 Å². The Balaban J connectivity index is 0.000000448. The van der Waals surface area contributed by atoms with Crippen LogP contribution in [-0.2, 0) is 18.3 Å². The maximum Gasteiger partial charge on any atom is 0.490 e. The second kappa shape index (κ2) is 11.4. The van der Waals surface area contributed by atoms with Crippen LogP contribution in [0.1, 0.15) is 18.2 Å². The number of carboxylic acid groups (broad SMARTS) is 1. The van der Waals surface area contributed by atoms with Crippen molar-refractivity contribution >= 4 is 40.1 Å². The molecule has 1 saturated heterocycles. The summed E-state index contributed by atoms with van der Waals surface area (Å²) in [5, 5.41) is 19.0. The number of carbonyl (C=O) groups is 2. The molecule has 0 bridgehead atoms. The van der Waals surface area contributed by atoms with Gasteiger partial charge in [0, 0.05) is 74.4 Å². The highest BCUT2D eigenvalue weighted by Gasteiger charge is 2.38. The van der Waals surface area contributed by atoms with Gasteiger partial charge in [0.1, 0.15) is 11.6 Å². The van der Waals surface area contributed by atoms with Crippen molar-refractivity contribution in [2.24, 2.45) is 7.05 Å². The number of carboxylic acids is 1. The zero-order chi connectivity index (χ0) is 28.3. The molecule has 2 aromatic heterocycles. The Morgan fingerprint density at radius 3 is 2.51 bits per heavy atom. The van der Waals surface area contributed by atoms with E-state index in [0.717, 1.165) is 60.6 Å². The van der Waals surface area contributed by atoms with Gasteiger partial charge in [0.25, 0.3) is 0 Å². The molecule has 1 fully saturated rings. The number of aromatic nitrogens is 3. The first-order valence-corrected chi connectivity index (χ1v) is 12.4. The maximum atomic E-state index is 13.3. The van der Waals surface area contributed by atoms with Gasteiger partial charge in [-0.1, -0.05) is 0 Å². The minimum atomic E-state index is -5.08. The van der Waals surface area contributed by atoms with Crippen LogP contribution < -0.4 is 25.2 Å². The average molecular weight is 550 g/mol. The van der Waals surface area contributed by atoms with Gasteiger partial charge >= 0.3 is 18.2 Å². The third-order valence-corrected chi connectivity index (χ3v) is 6.26. The number of hydrogen-bond acceptors (Lipinski definition) is 7. The number of urea groups is 1. The van der Waals surface area contributed by atoms with Gasteiger partial charge in [-0.05, 0) is 32.4 Å². The number of anilines is 3. The first-order chi connectivity index (χ1) is 18.5. The molecular weight excluding hydrogens is 519 g/mol. The summed E-state index contributed by atoms with van der Waals surface area (Å²) in [5.74, 6) is -1.38. The van der Waals surface area contributed by atoms with E-state index in [4.69, 9.17) is 19.6 Å². The second-order valence-corrected chi connectivity index (χ2v) is 9.10. The number of hydrogen-bond donors (Lipinski definition) is 3. The molecule has 0 unspecified atom stereocenters. The van der Waals surface area contributed by atoms with Gasteiger partial charge in [0.15, 0.2) is 0 Å².